The molecule has 3 atom stereocenters. The standard InChI is InChI=1S/C29H39N7O/c1-4-5-13-25-19-35(26-21(2)9-6-7-10-22(26)3)28(37)36(25)20-29(14-16-30-17-15-29)24-12-8-11-23(18-24)27-31-33-34-32-27/h8,11-12,14,16-19,21-22,26H,4-7,9-10,13,15,20H2,1-3H3,(H,31,32,33,34). The minimum absolute atomic E-state index is 0.126. The summed E-state index contributed by atoms with van der Waals surface area (Å²) >= 11 is 0. The van der Waals surface area contributed by atoms with Gasteiger partial charge in [-0.2, -0.15) is 5.21 Å². The van der Waals surface area contributed by atoms with E-state index in [0.29, 0.717) is 24.2 Å². The van der Waals surface area contributed by atoms with Crippen molar-refractivity contribution in [2.45, 2.75) is 90.1 Å². The number of hydrogen-bond donors (Lipinski definition) is 1. The molecule has 37 heavy (non-hydrogen) atoms. The van der Waals surface area contributed by atoms with Crippen LogP contribution in [-0.4, -0.2) is 36.0 Å². The van der Waals surface area contributed by atoms with Crippen LogP contribution in [0.2, 0.25) is 0 Å². The normalized spacial score (nSPS) is 25.9. The second-order valence-corrected chi connectivity index (χ2v) is 11.1. The van der Waals surface area contributed by atoms with Crippen molar-refractivity contribution in [1.29, 1.82) is 0 Å². The van der Waals surface area contributed by atoms with Crippen molar-refractivity contribution in [1.82, 2.24) is 29.8 Å². The Hall–Kier alpha value is -3.29. The zero-order valence-corrected chi connectivity index (χ0v) is 22.3. The molecule has 3 heterocycles. The maximum atomic E-state index is 14.2. The van der Waals surface area contributed by atoms with Crippen LogP contribution in [0.1, 0.15) is 83.0 Å². The van der Waals surface area contributed by atoms with Crippen molar-refractivity contribution in [3.63, 3.8) is 0 Å². The minimum atomic E-state index is -0.390. The van der Waals surface area contributed by atoms with Crippen LogP contribution in [0.15, 0.2) is 52.5 Å². The number of allylic oxidation sites excluding steroid dienone is 1. The fourth-order valence-corrected chi connectivity index (χ4v) is 6.36. The van der Waals surface area contributed by atoms with E-state index in [2.05, 4.69) is 79.9 Å². The average Bonchev–Trinajstić information content (AvgIpc) is 3.52. The van der Waals surface area contributed by atoms with E-state index in [4.69, 9.17) is 0 Å². The van der Waals surface area contributed by atoms with Crippen LogP contribution in [0.3, 0.4) is 0 Å². The van der Waals surface area contributed by atoms with Gasteiger partial charge in [0, 0.05) is 47.9 Å². The molecule has 5 rings (SSSR count). The highest BCUT2D eigenvalue weighted by Gasteiger charge is 2.35. The van der Waals surface area contributed by atoms with E-state index in [1.807, 2.05) is 24.5 Å². The lowest BCUT2D eigenvalue weighted by atomic mass is 9.76. The smallest absolute Gasteiger partial charge is 0.295 e. The molecule has 8 nitrogen and oxygen atoms in total. The molecular formula is C29H39N7O. The third-order valence-electron chi connectivity index (χ3n) is 8.45. The third kappa shape index (κ3) is 5.11. The van der Waals surface area contributed by atoms with Crippen molar-refractivity contribution in [2.75, 3.05) is 0 Å². The maximum absolute atomic E-state index is 14.2. The van der Waals surface area contributed by atoms with Crippen molar-refractivity contribution in [3.8, 4) is 11.4 Å². The van der Waals surface area contributed by atoms with Gasteiger partial charge in [-0.25, -0.2) is 4.79 Å². The maximum Gasteiger partial charge on any atom is 0.328 e. The van der Waals surface area contributed by atoms with Gasteiger partial charge in [0.25, 0.3) is 0 Å². The number of aromatic nitrogens is 6. The number of H-pyrrole nitrogens is 1. The average molecular weight is 502 g/mol. The molecule has 0 radical (unpaired) electrons. The van der Waals surface area contributed by atoms with Gasteiger partial charge < -0.3 is 0 Å². The SMILES string of the molecule is CCCCc1cn(C2C(C)CCCCC2C)c(=O)n1CC1(c2cccc(-c3nn[nH]n3)c2)C=CN=CC1. The van der Waals surface area contributed by atoms with Crippen LogP contribution >= 0.6 is 0 Å². The first kappa shape index (κ1) is 25.4. The van der Waals surface area contributed by atoms with Crippen LogP contribution in [0, 0.1) is 11.8 Å². The molecule has 1 aliphatic carbocycles. The highest BCUT2D eigenvalue weighted by atomic mass is 16.1. The van der Waals surface area contributed by atoms with Crippen molar-refractivity contribution in [2.24, 2.45) is 16.8 Å². The Morgan fingerprint density at radius 2 is 1.97 bits per heavy atom. The van der Waals surface area contributed by atoms with Crippen molar-refractivity contribution >= 4 is 6.21 Å². The van der Waals surface area contributed by atoms with E-state index in [0.717, 1.165) is 42.5 Å². The van der Waals surface area contributed by atoms with Gasteiger partial charge in [-0.15, -0.1) is 10.2 Å². The summed E-state index contributed by atoms with van der Waals surface area (Å²) in [6.07, 6.45) is 16.8. The van der Waals surface area contributed by atoms with Gasteiger partial charge in [-0.3, -0.25) is 14.1 Å². The van der Waals surface area contributed by atoms with Gasteiger partial charge in [0.05, 0.1) is 0 Å². The Balaban J connectivity index is 1.58. The highest BCUT2D eigenvalue weighted by molar-refractivity contribution is 5.65. The number of nitrogens with one attached hydrogen (secondary N) is 1. The van der Waals surface area contributed by atoms with Crippen LogP contribution in [-0.2, 0) is 18.4 Å². The van der Waals surface area contributed by atoms with Gasteiger partial charge >= 0.3 is 5.69 Å². The largest absolute Gasteiger partial charge is 0.328 e. The number of imidazole rings is 1. The molecule has 0 bridgehead atoms. The summed E-state index contributed by atoms with van der Waals surface area (Å²) in [5.41, 5.74) is 2.90. The van der Waals surface area contributed by atoms with Gasteiger partial charge in [-0.05, 0) is 60.8 Å². The molecule has 8 heteroatoms. The Kier molecular flexibility index (Phi) is 7.53. The van der Waals surface area contributed by atoms with E-state index in [1.54, 1.807) is 0 Å². The predicted molar refractivity (Wildman–Crippen MR) is 147 cm³/mol. The summed E-state index contributed by atoms with van der Waals surface area (Å²) in [4.78, 5) is 18.6. The Morgan fingerprint density at radius 1 is 1.16 bits per heavy atom. The monoisotopic (exact) mass is 501 g/mol. The highest BCUT2D eigenvalue weighted by Crippen LogP contribution is 2.38. The second-order valence-electron chi connectivity index (χ2n) is 11.1. The quantitative estimate of drug-likeness (QED) is 0.413. The number of rotatable bonds is 8. The molecule has 1 fully saturated rings. The molecule has 3 aromatic rings. The van der Waals surface area contributed by atoms with Crippen LogP contribution in [0.25, 0.3) is 11.4 Å². The first-order valence-electron chi connectivity index (χ1n) is 13.9. The van der Waals surface area contributed by atoms with E-state index < -0.39 is 0 Å². The molecule has 2 aromatic heterocycles. The number of unbranched alkanes of at least 4 members (excludes halogenated alkanes) is 1. The molecule has 0 amide bonds. The number of aromatic amines is 1. The van der Waals surface area contributed by atoms with Gasteiger partial charge in [0.2, 0.25) is 5.82 Å². The summed E-state index contributed by atoms with van der Waals surface area (Å²) in [5.74, 6) is 1.55. The van der Waals surface area contributed by atoms with Gasteiger partial charge in [0.1, 0.15) is 0 Å². The lowest BCUT2D eigenvalue weighted by Crippen LogP contribution is -2.39. The summed E-state index contributed by atoms with van der Waals surface area (Å²) < 4.78 is 4.15. The van der Waals surface area contributed by atoms with Crippen molar-refractivity contribution in [3.05, 3.63) is 64.5 Å². The number of benzene rings is 1. The Morgan fingerprint density at radius 3 is 2.65 bits per heavy atom. The molecule has 3 unspecified atom stereocenters. The lowest BCUT2D eigenvalue weighted by Gasteiger charge is -2.32. The van der Waals surface area contributed by atoms with E-state index in [-0.39, 0.29) is 17.1 Å². The number of tetrazole rings is 1. The van der Waals surface area contributed by atoms with Gasteiger partial charge in [-0.1, -0.05) is 64.3 Å². The Bertz CT molecular complexity index is 1290. The zero-order valence-electron chi connectivity index (χ0n) is 22.3. The number of hydrogen-bond acceptors (Lipinski definition) is 5. The summed E-state index contributed by atoms with van der Waals surface area (Å²) in [7, 11) is 0. The van der Waals surface area contributed by atoms with Gasteiger partial charge in [0.15, 0.2) is 0 Å². The number of aryl methyl sites for hydroxylation is 1. The van der Waals surface area contributed by atoms with Crippen LogP contribution in [0.5, 0.6) is 0 Å². The van der Waals surface area contributed by atoms with E-state index in [1.165, 1.54) is 25.7 Å². The molecule has 1 N–H and O–H groups in total. The molecule has 0 saturated heterocycles. The molecule has 196 valence electrons. The summed E-state index contributed by atoms with van der Waals surface area (Å²) in [6, 6.07) is 8.53. The number of nitrogens with zero attached hydrogens (tertiary/aromatic N) is 6. The van der Waals surface area contributed by atoms with Crippen molar-refractivity contribution < 1.29 is 0 Å². The number of aliphatic imine (C=N–C) groups is 1. The molecule has 0 spiro atoms. The first-order valence-corrected chi connectivity index (χ1v) is 13.9. The fourth-order valence-electron chi connectivity index (χ4n) is 6.36. The van der Waals surface area contributed by atoms with E-state index >= 15 is 0 Å². The lowest BCUT2D eigenvalue weighted by molar-refractivity contribution is 0.251. The molecular weight excluding hydrogens is 462 g/mol. The van der Waals surface area contributed by atoms with Crippen LogP contribution in [0.4, 0.5) is 0 Å². The second kappa shape index (κ2) is 11.0. The summed E-state index contributed by atoms with van der Waals surface area (Å²) in [6.45, 7) is 7.44. The van der Waals surface area contributed by atoms with Crippen LogP contribution < -0.4 is 5.69 Å². The van der Waals surface area contributed by atoms with E-state index in [9.17, 15) is 4.79 Å². The fraction of sp³-hybridized carbons (Fsp3) is 0.552. The molecule has 1 aliphatic heterocycles. The molecule has 1 saturated carbocycles. The Labute approximate surface area is 218 Å². The molecule has 1 aromatic carbocycles. The first-order chi connectivity index (χ1) is 18.0. The molecule has 2 aliphatic rings. The zero-order chi connectivity index (χ0) is 25.8. The summed E-state index contributed by atoms with van der Waals surface area (Å²) in [5, 5.41) is 14.6. The topological polar surface area (TPSA) is 93.8 Å². The third-order valence-corrected chi connectivity index (χ3v) is 8.45. The minimum Gasteiger partial charge on any atom is -0.295 e. The predicted octanol–water partition coefficient (Wildman–Crippen LogP) is 5.49.